The van der Waals surface area contributed by atoms with E-state index in [2.05, 4.69) is 31.0 Å². The highest BCUT2D eigenvalue weighted by atomic mass is 32.2. The summed E-state index contributed by atoms with van der Waals surface area (Å²) in [7, 11) is 0. The van der Waals surface area contributed by atoms with Gasteiger partial charge in [0.2, 0.25) is 11.1 Å². The number of thioether (sulfide) groups is 1. The molecular formula is C12H17N7O2S. The molecule has 0 atom stereocenters. The summed E-state index contributed by atoms with van der Waals surface area (Å²) >= 11 is 1.31. The van der Waals surface area contributed by atoms with Crippen molar-refractivity contribution in [2.45, 2.75) is 50.2 Å². The average Bonchev–Trinajstić information content (AvgIpc) is 3.15. The van der Waals surface area contributed by atoms with Gasteiger partial charge in [-0.15, -0.1) is 5.10 Å². The molecule has 2 heterocycles. The third-order valence-electron chi connectivity index (χ3n) is 3.49. The number of tetrazole rings is 1. The van der Waals surface area contributed by atoms with Crippen LogP contribution in [0, 0.1) is 6.92 Å². The molecule has 1 aliphatic rings. The lowest BCUT2D eigenvalue weighted by Gasteiger charge is -2.21. The molecular weight excluding hydrogens is 306 g/mol. The van der Waals surface area contributed by atoms with E-state index in [1.165, 1.54) is 31.0 Å². The SMILES string of the molecule is Cc1noc(NC(=O)CSc2nnnn2C2CCCCC2)n1. The van der Waals surface area contributed by atoms with Gasteiger partial charge in [-0.1, -0.05) is 36.2 Å². The minimum Gasteiger partial charge on any atom is -0.315 e. The van der Waals surface area contributed by atoms with Gasteiger partial charge in [-0.25, -0.2) is 4.68 Å². The number of nitrogens with zero attached hydrogens (tertiary/aromatic N) is 6. The maximum atomic E-state index is 11.9. The van der Waals surface area contributed by atoms with Gasteiger partial charge >= 0.3 is 6.01 Å². The second-order valence-electron chi connectivity index (χ2n) is 5.18. The Morgan fingerprint density at radius 1 is 1.41 bits per heavy atom. The second-order valence-corrected chi connectivity index (χ2v) is 6.12. The van der Waals surface area contributed by atoms with Gasteiger partial charge in [0, 0.05) is 0 Å². The highest BCUT2D eigenvalue weighted by Crippen LogP contribution is 2.30. The number of carbonyl (C=O) groups excluding carboxylic acids is 1. The van der Waals surface area contributed by atoms with Crippen LogP contribution in [0.3, 0.4) is 0 Å². The summed E-state index contributed by atoms with van der Waals surface area (Å²) < 4.78 is 6.68. The number of hydrogen-bond acceptors (Lipinski definition) is 8. The summed E-state index contributed by atoms with van der Waals surface area (Å²) in [5, 5.41) is 18.6. The first kappa shape index (κ1) is 14.9. The number of rotatable bonds is 5. The van der Waals surface area contributed by atoms with Crippen LogP contribution in [0.5, 0.6) is 0 Å². The molecule has 0 unspecified atom stereocenters. The molecule has 0 aliphatic heterocycles. The summed E-state index contributed by atoms with van der Waals surface area (Å²) in [4.78, 5) is 15.8. The monoisotopic (exact) mass is 323 g/mol. The van der Waals surface area contributed by atoms with Crippen molar-refractivity contribution in [3.05, 3.63) is 5.82 Å². The average molecular weight is 323 g/mol. The molecule has 0 aromatic carbocycles. The van der Waals surface area contributed by atoms with Gasteiger partial charge in [0.05, 0.1) is 11.8 Å². The molecule has 0 saturated heterocycles. The van der Waals surface area contributed by atoms with E-state index in [1.807, 2.05) is 4.68 Å². The Morgan fingerprint density at radius 3 is 2.95 bits per heavy atom. The molecule has 118 valence electrons. The molecule has 1 N–H and O–H groups in total. The Hall–Kier alpha value is -1.97. The van der Waals surface area contributed by atoms with E-state index in [-0.39, 0.29) is 17.7 Å². The Balaban J connectivity index is 1.55. The van der Waals surface area contributed by atoms with Crippen molar-refractivity contribution in [2.75, 3.05) is 11.1 Å². The summed E-state index contributed by atoms with van der Waals surface area (Å²) in [5.74, 6) is 0.435. The molecule has 9 nitrogen and oxygen atoms in total. The summed E-state index contributed by atoms with van der Waals surface area (Å²) in [6.07, 6.45) is 5.85. The minimum absolute atomic E-state index is 0.106. The Morgan fingerprint density at radius 2 is 2.23 bits per heavy atom. The topological polar surface area (TPSA) is 112 Å². The summed E-state index contributed by atoms with van der Waals surface area (Å²) in [6, 6.07) is 0.447. The number of hydrogen-bond donors (Lipinski definition) is 1. The van der Waals surface area contributed by atoms with Gasteiger partial charge < -0.3 is 4.52 Å². The van der Waals surface area contributed by atoms with E-state index in [0.717, 1.165) is 12.8 Å². The lowest BCUT2D eigenvalue weighted by Crippen LogP contribution is -2.17. The van der Waals surface area contributed by atoms with E-state index in [1.54, 1.807) is 6.92 Å². The van der Waals surface area contributed by atoms with E-state index in [9.17, 15) is 4.79 Å². The predicted octanol–water partition coefficient (Wildman–Crippen LogP) is 1.60. The molecule has 1 aliphatic carbocycles. The van der Waals surface area contributed by atoms with Gasteiger partial charge in [-0.3, -0.25) is 10.1 Å². The van der Waals surface area contributed by atoms with E-state index >= 15 is 0 Å². The number of amides is 1. The Labute approximate surface area is 131 Å². The van der Waals surface area contributed by atoms with Crippen LogP contribution >= 0.6 is 11.8 Å². The molecule has 0 radical (unpaired) electrons. The first-order valence-electron chi connectivity index (χ1n) is 7.23. The molecule has 0 bridgehead atoms. The first-order chi connectivity index (χ1) is 10.7. The van der Waals surface area contributed by atoms with Crippen molar-refractivity contribution in [1.29, 1.82) is 0 Å². The molecule has 1 saturated carbocycles. The van der Waals surface area contributed by atoms with Crippen LogP contribution in [-0.2, 0) is 4.79 Å². The van der Waals surface area contributed by atoms with E-state index in [0.29, 0.717) is 17.0 Å². The van der Waals surface area contributed by atoms with Crippen molar-refractivity contribution in [3.63, 3.8) is 0 Å². The van der Waals surface area contributed by atoms with Crippen LogP contribution in [0.4, 0.5) is 6.01 Å². The highest BCUT2D eigenvalue weighted by Gasteiger charge is 2.21. The van der Waals surface area contributed by atoms with Gasteiger partial charge in [0.1, 0.15) is 0 Å². The van der Waals surface area contributed by atoms with Crippen LogP contribution < -0.4 is 5.32 Å². The Bertz CT molecular complexity index is 635. The molecule has 3 rings (SSSR count). The fourth-order valence-electron chi connectivity index (χ4n) is 2.47. The number of aryl methyl sites for hydroxylation is 1. The normalized spacial score (nSPS) is 15.9. The molecule has 0 spiro atoms. The van der Waals surface area contributed by atoms with Crippen molar-refractivity contribution in [1.82, 2.24) is 30.3 Å². The quantitative estimate of drug-likeness (QED) is 0.826. The van der Waals surface area contributed by atoms with Crippen molar-refractivity contribution < 1.29 is 9.32 Å². The minimum atomic E-state index is -0.230. The number of aromatic nitrogens is 6. The van der Waals surface area contributed by atoms with E-state index < -0.39 is 0 Å². The fraction of sp³-hybridized carbons (Fsp3) is 0.667. The molecule has 22 heavy (non-hydrogen) atoms. The second kappa shape index (κ2) is 6.86. The van der Waals surface area contributed by atoms with Crippen LogP contribution in [0.25, 0.3) is 0 Å². The predicted molar refractivity (Wildman–Crippen MR) is 78.3 cm³/mol. The molecule has 1 amide bonds. The lowest BCUT2D eigenvalue weighted by molar-refractivity contribution is -0.114. The molecule has 10 heteroatoms. The standard InChI is InChI=1S/C12H17N7O2S/c1-8-13-11(21-16-8)14-10(20)7-22-12-15-17-18-19(12)9-5-3-2-4-6-9/h9H,2-7H2,1H3,(H,13,14,16,20). The van der Waals surface area contributed by atoms with Crippen molar-refractivity contribution >= 4 is 23.7 Å². The lowest BCUT2D eigenvalue weighted by atomic mass is 9.96. The zero-order valence-electron chi connectivity index (χ0n) is 12.2. The van der Waals surface area contributed by atoms with Gasteiger partial charge in [0.15, 0.2) is 5.82 Å². The fourth-order valence-corrected chi connectivity index (χ4v) is 3.21. The van der Waals surface area contributed by atoms with Gasteiger partial charge in [-0.05, 0) is 30.2 Å². The zero-order chi connectivity index (χ0) is 15.4. The maximum absolute atomic E-state index is 11.9. The van der Waals surface area contributed by atoms with Crippen molar-refractivity contribution in [2.24, 2.45) is 0 Å². The van der Waals surface area contributed by atoms with Crippen LogP contribution in [0.2, 0.25) is 0 Å². The molecule has 2 aromatic heterocycles. The largest absolute Gasteiger partial charge is 0.328 e. The molecule has 2 aromatic rings. The zero-order valence-corrected chi connectivity index (χ0v) is 13.0. The maximum Gasteiger partial charge on any atom is 0.328 e. The third kappa shape index (κ3) is 3.62. The third-order valence-corrected chi connectivity index (χ3v) is 4.42. The Kier molecular flexibility index (Phi) is 4.66. The first-order valence-corrected chi connectivity index (χ1v) is 8.22. The van der Waals surface area contributed by atoms with Crippen LogP contribution in [-0.4, -0.2) is 42.0 Å². The smallest absolute Gasteiger partial charge is 0.315 e. The van der Waals surface area contributed by atoms with E-state index in [4.69, 9.17) is 4.52 Å². The summed E-state index contributed by atoms with van der Waals surface area (Å²) in [5.41, 5.74) is 0. The molecule has 1 fully saturated rings. The van der Waals surface area contributed by atoms with Crippen molar-refractivity contribution in [3.8, 4) is 0 Å². The van der Waals surface area contributed by atoms with Crippen LogP contribution in [0.1, 0.15) is 44.0 Å². The summed E-state index contributed by atoms with van der Waals surface area (Å²) in [6.45, 7) is 1.69. The number of carbonyl (C=O) groups is 1. The number of nitrogens with one attached hydrogen (secondary N) is 1. The number of anilines is 1. The van der Waals surface area contributed by atoms with Crippen LogP contribution in [0.15, 0.2) is 9.68 Å². The van der Waals surface area contributed by atoms with Gasteiger partial charge in [-0.2, -0.15) is 4.98 Å². The van der Waals surface area contributed by atoms with Gasteiger partial charge in [0.25, 0.3) is 0 Å². The highest BCUT2D eigenvalue weighted by molar-refractivity contribution is 7.99.